The number of hydrogen-bond acceptors (Lipinski definition) is 7. The van der Waals surface area contributed by atoms with Crippen LogP contribution in [0.3, 0.4) is 0 Å². The smallest absolute Gasteiger partial charge is 0.331 e. The number of nitrogens with zero attached hydrogens (tertiary/aromatic N) is 3. The summed E-state index contributed by atoms with van der Waals surface area (Å²) in [5, 5.41) is 2.00. The van der Waals surface area contributed by atoms with Crippen LogP contribution in [0.15, 0.2) is 42.6 Å². The number of nitrogens with two attached hydrogens (primary N) is 1. The second kappa shape index (κ2) is 7.84. The summed E-state index contributed by atoms with van der Waals surface area (Å²) in [7, 11) is 0. The molecule has 30 heavy (non-hydrogen) atoms. The average Bonchev–Trinajstić information content (AvgIpc) is 3.15. The Hall–Kier alpha value is -3.32. The lowest BCUT2D eigenvalue weighted by Crippen LogP contribution is -2.06. The van der Waals surface area contributed by atoms with E-state index in [4.69, 9.17) is 10.5 Å². The molecule has 0 spiro atoms. The molecule has 1 aliphatic carbocycles. The number of carbonyl (C=O) groups excluding carboxylic acids is 1. The number of benzene rings is 1. The number of thiophene rings is 1. The fraction of sp³-hybridized carbons (Fsp3) is 0.217. The first kappa shape index (κ1) is 18.7. The Morgan fingerprint density at radius 2 is 2.03 bits per heavy atom. The van der Waals surface area contributed by atoms with Gasteiger partial charge >= 0.3 is 5.97 Å². The van der Waals surface area contributed by atoms with Crippen LogP contribution in [0, 0.1) is 0 Å². The van der Waals surface area contributed by atoms with Gasteiger partial charge in [-0.3, -0.25) is 4.98 Å². The van der Waals surface area contributed by atoms with Crippen molar-refractivity contribution in [2.24, 2.45) is 0 Å². The van der Waals surface area contributed by atoms with Gasteiger partial charge in [0.1, 0.15) is 10.6 Å². The van der Waals surface area contributed by atoms with Crippen molar-refractivity contribution >= 4 is 50.3 Å². The summed E-state index contributed by atoms with van der Waals surface area (Å²) >= 11 is 1.68. The number of nitrogen functional groups attached to an aromatic ring is 1. The molecule has 4 aromatic rings. The number of fused-ring (bicyclic) bond motifs is 4. The molecular weight excluding hydrogens is 396 g/mol. The molecule has 7 heteroatoms. The van der Waals surface area contributed by atoms with Crippen LogP contribution >= 0.6 is 11.3 Å². The first-order chi connectivity index (χ1) is 14.7. The van der Waals surface area contributed by atoms with Gasteiger partial charge in [0, 0.05) is 28.1 Å². The van der Waals surface area contributed by atoms with Gasteiger partial charge in [0.15, 0.2) is 12.4 Å². The first-order valence-electron chi connectivity index (χ1n) is 9.94. The van der Waals surface area contributed by atoms with E-state index in [1.54, 1.807) is 23.6 Å². The summed E-state index contributed by atoms with van der Waals surface area (Å²) in [4.78, 5) is 27.8. The van der Waals surface area contributed by atoms with Gasteiger partial charge in [0.05, 0.1) is 10.9 Å². The zero-order chi connectivity index (χ0) is 20.5. The number of ether oxygens (including phenoxy) is 1. The van der Waals surface area contributed by atoms with E-state index in [9.17, 15) is 4.79 Å². The van der Waals surface area contributed by atoms with Gasteiger partial charge < -0.3 is 10.5 Å². The maximum absolute atomic E-state index is 12.2. The summed E-state index contributed by atoms with van der Waals surface area (Å²) in [5.41, 5.74) is 9.21. The van der Waals surface area contributed by atoms with Crippen molar-refractivity contribution in [3.63, 3.8) is 0 Å². The van der Waals surface area contributed by atoms with Crippen LogP contribution in [-0.2, 0) is 29.0 Å². The number of rotatable bonds is 4. The number of para-hydroxylation sites is 1. The molecule has 0 amide bonds. The van der Waals surface area contributed by atoms with E-state index in [1.165, 1.54) is 29.4 Å². The SMILES string of the molecule is Nc1nc(COC(=O)/C=C/c2cccc3cccnc23)nc2sc3c(c12)CCCC3. The molecule has 3 aromatic heterocycles. The van der Waals surface area contributed by atoms with Crippen LogP contribution in [0.2, 0.25) is 0 Å². The number of esters is 1. The van der Waals surface area contributed by atoms with Gasteiger partial charge in [-0.05, 0) is 43.4 Å². The van der Waals surface area contributed by atoms with Crippen LogP contribution < -0.4 is 5.73 Å². The molecule has 0 fully saturated rings. The Bertz CT molecular complexity index is 1290. The first-order valence-corrected chi connectivity index (χ1v) is 10.8. The predicted octanol–water partition coefficient (Wildman–Crippen LogP) is 4.46. The minimum absolute atomic E-state index is 0.0142. The lowest BCUT2D eigenvalue weighted by Gasteiger charge is -2.10. The van der Waals surface area contributed by atoms with Crippen molar-refractivity contribution in [1.29, 1.82) is 0 Å². The molecule has 1 aliphatic rings. The van der Waals surface area contributed by atoms with E-state index in [1.807, 2.05) is 30.3 Å². The molecule has 2 N–H and O–H groups in total. The molecule has 3 heterocycles. The largest absolute Gasteiger partial charge is 0.454 e. The van der Waals surface area contributed by atoms with Crippen LogP contribution in [0.1, 0.15) is 34.7 Å². The topological polar surface area (TPSA) is 91.0 Å². The number of anilines is 1. The highest BCUT2D eigenvalue weighted by atomic mass is 32.1. The molecule has 0 bridgehead atoms. The average molecular weight is 417 g/mol. The van der Waals surface area contributed by atoms with Crippen molar-refractivity contribution < 1.29 is 9.53 Å². The minimum Gasteiger partial charge on any atom is -0.454 e. The van der Waals surface area contributed by atoms with Crippen molar-refractivity contribution in [2.75, 3.05) is 5.73 Å². The van der Waals surface area contributed by atoms with Crippen LogP contribution in [0.25, 0.3) is 27.2 Å². The van der Waals surface area contributed by atoms with E-state index in [0.29, 0.717) is 11.6 Å². The van der Waals surface area contributed by atoms with Gasteiger partial charge in [-0.1, -0.05) is 24.3 Å². The van der Waals surface area contributed by atoms with Crippen LogP contribution in [0.5, 0.6) is 0 Å². The van der Waals surface area contributed by atoms with Crippen molar-refractivity contribution in [2.45, 2.75) is 32.3 Å². The minimum atomic E-state index is -0.462. The number of hydrogen-bond donors (Lipinski definition) is 1. The Kier molecular flexibility index (Phi) is 4.88. The molecule has 150 valence electrons. The third-order valence-corrected chi connectivity index (χ3v) is 6.48. The van der Waals surface area contributed by atoms with Crippen molar-refractivity contribution in [3.05, 3.63) is 64.4 Å². The van der Waals surface area contributed by atoms with Gasteiger partial charge in [0.2, 0.25) is 0 Å². The maximum Gasteiger partial charge on any atom is 0.331 e. The van der Waals surface area contributed by atoms with E-state index >= 15 is 0 Å². The standard InChI is InChI=1S/C23H20N4O2S/c24-22-20-16-8-1-2-9-17(16)30-23(20)27-18(26-22)13-29-19(28)11-10-15-6-3-5-14-7-4-12-25-21(14)15/h3-7,10-12H,1-2,8-9,13H2,(H2,24,26,27)/b11-10+. The van der Waals surface area contributed by atoms with Crippen molar-refractivity contribution in [3.8, 4) is 0 Å². The highest BCUT2D eigenvalue weighted by Gasteiger charge is 2.20. The highest BCUT2D eigenvalue weighted by molar-refractivity contribution is 7.19. The summed E-state index contributed by atoms with van der Waals surface area (Å²) < 4.78 is 5.35. The summed E-state index contributed by atoms with van der Waals surface area (Å²) in [5.74, 6) is 0.436. The normalized spacial score (nSPS) is 13.7. The lowest BCUT2D eigenvalue weighted by atomic mass is 9.97. The number of aromatic nitrogens is 3. The van der Waals surface area contributed by atoms with Crippen molar-refractivity contribution in [1.82, 2.24) is 15.0 Å². The summed E-state index contributed by atoms with van der Waals surface area (Å²) in [6, 6.07) is 9.70. The zero-order valence-corrected chi connectivity index (χ0v) is 17.1. The number of pyridine rings is 1. The predicted molar refractivity (Wildman–Crippen MR) is 119 cm³/mol. The monoisotopic (exact) mass is 416 g/mol. The fourth-order valence-electron chi connectivity index (χ4n) is 3.90. The third kappa shape index (κ3) is 3.52. The second-order valence-corrected chi connectivity index (χ2v) is 8.36. The fourth-order valence-corrected chi connectivity index (χ4v) is 5.19. The lowest BCUT2D eigenvalue weighted by molar-refractivity contribution is -0.139. The van der Waals surface area contributed by atoms with Gasteiger partial charge in [-0.25, -0.2) is 14.8 Å². The van der Waals surface area contributed by atoms with E-state index in [2.05, 4.69) is 15.0 Å². The molecule has 0 unspecified atom stereocenters. The summed E-state index contributed by atoms with van der Waals surface area (Å²) in [6.07, 6.45) is 9.34. The molecular formula is C23H20N4O2S. The quantitative estimate of drug-likeness (QED) is 0.390. The number of aryl methyl sites for hydroxylation is 2. The van der Waals surface area contributed by atoms with Gasteiger partial charge in [-0.15, -0.1) is 11.3 Å². The molecule has 0 atom stereocenters. The molecule has 5 rings (SSSR count). The molecule has 0 aliphatic heterocycles. The molecule has 6 nitrogen and oxygen atoms in total. The highest BCUT2D eigenvalue weighted by Crippen LogP contribution is 2.37. The van der Waals surface area contributed by atoms with Gasteiger partial charge in [-0.2, -0.15) is 0 Å². The Morgan fingerprint density at radius 3 is 2.97 bits per heavy atom. The van der Waals surface area contributed by atoms with E-state index in [-0.39, 0.29) is 6.61 Å². The summed E-state index contributed by atoms with van der Waals surface area (Å²) in [6.45, 7) is -0.0142. The maximum atomic E-state index is 12.2. The number of carbonyl (C=O) groups is 1. The molecule has 1 aromatic carbocycles. The van der Waals surface area contributed by atoms with E-state index in [0.717, 1.165) is 39.5 Å². The molecule has 0 saturated carbocycles. The van der Waals surface area contributed by atoms with Crippen LogP contribution in [-0.4, -0.2) is 20.9 Å². The molecule has 0 radical (unpaired) electrons. The molecule has 0 saturated heterocycles. The second-order valence-electron chi connectivity index (χ2n) is 7.28. The Balaban J connectivity index is 1.31. The van der Waals surface area contributed by atoms with Gasteiger partial charge in [0.25, 0.3) is 0 Å². The van der Waals surface area contributed by atoms with Crippen LogP contribution in [0.4, 0.5) is 5.82 Å². The zero-order valence-electron chi connectivity index (χ0n) is 16.3. The van der Waals surface area contributed by atoms with E-state index < -0.39 is 5.97 Å². The Morgan fingerprint density at radius 1 is 1.17 bits per heavy atom. The Labute approximate surface area is 177 Å². The third-order valence-electron chi connectivity index (χ3n) is 5.30.